The van der Waals surface area contributed by atoms with Crippen molar-refractivity contribution in [3.05, 3.63) is 42.2 Å². The Labute approximate surface area is 108 Å². The predicted molar refractivity (Wildman–Crippen MR) is 63.8 cm³/mol. The smallest absolute Gasteiger partial charge is 0.301 e. The third kappa shape index (κ3) is 3.78. The van der Waals surface area contributed by atoms with Crippen LogP contribution in [0.4, 0.5) is 13.2 Å². The van der Waals surface area contributed by atoms with E-state index in [1.807, 2.05) is 30.3 Å². The number of alkyl halides is 3. The fourth-order valence-corrected chi connectivity index (χ4v) is 1.56. The van der Waals surface area contributed by atoms with Crippen molar-refractivity contribution >= 4 is 0 Å². The van der Waals surface area contributed by atoms with E-state index >= 15 is 0 Å². The lowest BCUT2D eigenvalue weighted by molar-refractivity contribution is -0.126. The standard InChI is InChI=1S/C12H13F3N4/c1-9(16-8-12(13,14)15)11-7-19(18-17-11)10-5-3-2-4-6-10/h2-7,9,16H,8H2,1H3/t9-/m0/s1. The summed E-state index contributed by atoms with van der Waals surface area (Å²) in [5, 5.41) is 10.1. The minimum Gasteiger partial charge on any atom is -0.301 e. The highest BCUT2D eigenvalue weighted by Gasteiger charge is 2.28. The van der Waals surface area contributed by atoms with Gasteiger partial charge in [-0.15, -0.1) is 5.10 Å². The second-order valence-corrected chi connectivity index (χ2v) is 4.14. The maximum Gasteiger partial charge on any atom is 0.401 e. The van der Waals surface area contributed by atoms with Crippen molar-refractivity contribution in [3.63, 3.8) is 0 Å². The van der Waals surface area contributed by atoms with Crippen LogP contribution in [0.5, 0.6) is 0 Å². The molecule has 19 heavy (non-hydrogen) atoms. The van der Waals surface area contributed by atoms with Crippen LogP contribution in [0.1, 0.15) is 18.7 Å². The zero-order valence-electron chi connectivity index (χ0n) is 10.2. The van der Waals surface area contributed by atoms with Crippen molar-refractivity contribution in [2.45, 2.75) is 19.1 Å². The number of halogens is 3. The van der Waals surface area contributed by atoms with E-state index in [4.69, 9.17) is 0 Å². The highest BCUT2D eigenvalue weighted by Crippen LogP contribution is 2.16. The van der Waals surface area contributed by atoms with Crippen LogP contribution in [0.3, 0.4) is 0 Å². The summed E-state index contributed by atoms with van der Waals surface area (Å²) >= 11 is 0. The van der Waals surface area contributed by atoms with Crippen LogP contribution in [-0.4, -0.2) is 27.7 Å². The molecule has 0 aliphatic carbocycles. The number of rotatable bonds is 4. The maximum atomic E-state index is 12.1. The van der Waals surface area contributed by atoms with E-state index in [1.165, 1.54) is 4.68 Å². The molecule has 0 bridgehead atoms. The molecule has 102 valence electrons. The normalized spacial score (nSPS) is 13.5. The van der Waals surface area contributed by atoms with Crippen LogP contribution in [0.2, 0.25) is 0 Å². The Bertz CT molecular complexity index is 521. The van der Waals surface area contributed by atoms with Crippen molar-refractivity contribution in [3.8, 4) is 5.69 Å². The molecule has 1 aromatic heterocycles. The van der Waals surface area contributed by atoms with Gasteiger partial charge in [0.2, 0.25) is 0 Å². The Morgan fingerprint density at radius 3 is 2.58 bits per heavy atom. The molecule has 2 rings (SSSR count). The highest BCUT2D eigenvalue weighted by molar-refractivity contribution is 5.30. The average Bonchev–Trinajstić information content (AvgIpc) is 2.86. The second-order valence-electron chi connectivity index (χ2n) is 4.14. The van der Waals surface area contributed by atoms with Gasteiger partial charge in [0, 0.05) is 0 Å². The van der Waals surface area contributed by atoms with Crippen molar-refractivity contribution in [1.82, 2.24) is 20.3 Å². The monoisotopic (exact) mass is 270 g/mol. The largest absolute Gasteiger partial charge is 0.401 e. The Balaban J connectivity index is 2.05. The lowest BCUT2D eigenvalue weighted by atomic mass is 10.2. The fourth-order valence-electron chi connectivity index (χ4n) is 1.56. The molecule has 1 heterocycles. The van der Waals surface area contributed by atoms with Gasteiger partial charge in [-0.05, 0) is 19.1 Å². The van der Waals surface area contributed by atoms with Gasteiger partial charge in [0.15, 0.2) is 0 Å². The fraction of sp³-hybridized carbons (Fsp3) is 0.333. The first kappa shape index (κ1) is 13.5. The topological polar surface area (TPSA) is 42.7 Å². The van der Waals surface area contributed by atoms with E-state index < -0.39 is 18.8 Å². The molecular formula is C12H13F3N4. The molecule has 1 N–H and O–H groups in total. The van der Waals surface area contributed by atoms with Crippen LogP contribution < -0.4 is 5.32 Å². The molecule has 7 heteroatoms. The van der Waals surface area contributed by atoms with Crippen molar-refractivity contribution < 1.29 is 13.2 Å². The molecular weight excluding hydrogens is 257 g/mol. The molecule has 1 atom stereocenters. The minimum absolute atomic E-state index is 0.466. The summed E-state index contributed by atoms with van der Waals surface area (Å²) in [6.07, 6.45) is -2.62. The molecule has 0 saturated carbocycles. The average molecular weight is 270 g/mol. The number of hydrogen-bond donors (Lipinski definition) is 1. The second kappa shape index (κ2) is 5.40. The summed E-state index contributed by atoms with van der Waals surface area (Å²) < 4.78 is 37.8. The van der Waals surface area contributed by atoms with Gasteiger partial charge in [0.25, 0.3) is 0 Å². The number of nitrogens with zero attached hydrogens (tertiary/aromatic N) is 3. The third-order valence-electron chi connectivity index (χ3n) is 2.58. The van der Waals surface area contributed by atoms with E-state index in [0.717, 1.165) is 5.69 Å². The van der Waals surface area contributed by atoms with Crippen molar-refractivity contribution in [2.24, 2.45) is 0 Å². The van der Waals surface area contributed by atoms with E-state index in [0.29, 0.717) is 5.69 Å². The van der Waals surface area contributed by atoms with Gasteiger partial charge in [-0.1, -0.05) is 23.4 Å². The molecule has 0 unspecified atom stereocenters. The Kier molecular flexibility index (Phi) is 3.84. The molecule has 0 amide bonds. The summed E-state index contributed by atoms with van der Waals surface area (Å²) in [6, 6.07) is 8.73. The number of benzene rings is 1. The Morgan fingerprint density at radius 2 is 1.95 bits per heavy atom. The van der Waals surface area contributed by atoms with Gasteiger partial charge >= 0.3 is 6.18 Å². The van der Waals surface area contributed by atoms with Crippen LogP contribution >= 0.6 is 0 Å². The summed E-state index contributed by atoms with van der Waals surface area (Å²) in [5.41, 5.74) is 1.28. The number of aromatic nitrogens is 3. The number of nitrogens with one attached hydrogen (secondary N) is 1. The zero-order valence-corrected chi connectivity index (χ0v) is 10.2. The molecule has 0 aliphatic rings. The summed E-state index contributed by atoms with van der Waals surface area (Å²) in [5.74, 6) is 0. The van der Waals surface area contributed by atoms with Crippen LogP contribution in [0.25, 0.3) is 5.69 Å². The molecule has 0 spiro atoms. The minimum atomic E-state index is -4.23. The summed E-state index contributed by atoms with van der Waals surface area (Å²) in [7, 11) is 0. The molecule has 0 saturated heterocycles. The van der Waals surface area contributed by atoms with Crippen LogP contribution in [0.15, 0.2) is 36.5 Å². The third-order valence-corrected chi connectivity index (χ3v) is 2.58. The summed E-state index contributed by atoms with van der Waals surface area (Å²) in [4.78, 5) is 0. The predicted octanol–water partition coefficient (Wildman–Crippen LogP) is 2.48. The van der Waals surface area contributed by atoms with Gasteiger partial charge in [-0.25, -0.2) is 4.68 Å². The van der Waals surface area contributed by atoms with E-state index in [2.05, 4.69) is 15.6 Å². The Hall–Kier alpha value is -1.89. The first-order valence-corrected chi connectivity index (χ1v) is 5.73. The summed E-state index contributed by atoms with van der Waals surface area (Å²) in [6.45, 7) is 0.567. The van der Waals surface area contributed by atoms with Crippen molar-refractivity contribution in [2.75, 3.05) is 6.54 Å². The molecule has 0 radical (unpaired) electrons. The van der Waals surface area contributed by atoms with Crippen LogP contribution in [-0.2, 0) is 0 Å². The lowest BCUT2D eigenvalue weighted by Gasteiger charge is -2.12. The van der Waals surface area contributed by atoms with Gasteiger partial charge in [0.05, 0.1) is 30.2 Å². The first-order valence-electron chi connectivity index (χ1n) is 5.73. The number of hydrogen-bond acceptors (Lipinski definition) is 3. The van der Waals surface area contributed by atoms with E-state index in [9.17, 15) is 13.2 Å². The SMILES string of the molecule is C[C@H](NCC(F)(F)F)c1cn(-c2ccccc2)nn1. The first-order chi connectivity index (χ1) is 8.96. The molecule has 2 aromatic rings. The van der Waals surface area contributed by atoms with Gasteiger partial charge in [0.1, 0.15) is 0 Å². The molecule has 0 fully saturated rings. The Morgan fingerprint density at radius 1 is 1.26 bits per heavy atom. The number of para-hydroxylation sites is 1. The quantitative estimate of drug-likeness (QED) is 0.928. The van der Waals surface area contributed by atoms with Gasteiger partial charge in [-0.2, -0.15) is 13.2 Å². The maximum absolute atomic E-state index is 12.1. The molecule has 4 nitrogen and oxygen atoms in total. The molecule has 0 aliphatic heterocycles. The van der Waals surface area contributed by atoms with Crippen LogP contribution in [0, 0.1) is 0 Å². The van der Waals surface area contributed by atoms with Crippen molar-refractivity contribution in [1.29, 1.82) is 0 Å². The lowest BCUT2D eigenvalue weighted by Crippen LogP contribution is -2.31. The van der Waals surface area contributed by atoms with E-state index in [-0.39, 0.29) is 0 Å². The molecule has 1 aromatic carbocycles. The highest BCUT2D eigenvalue weighted by atomic mass is 19.4. The van der Waals surface area contributed by atoms with Gasteiger partial charge < -0.3 is 5.32 Å². The van der Waals surface area contributed by atoms with E-state index in [1.54, 1.807) is 13.1 Å². The zero-order chi connectivity index (χ0) is 13.9. The van der Waals surface area contributed by atoms with Gasteiger partial charge in [-0.3, -0.25) is 0 Å².